The number of rotatable bonds is 4. The fourth-order valence-corrected chi connectivity index (χ4v) is 2.90. The van der Waals surface area contributed by atoms with Crippen LogP contribution in [0.5, 0.6) is 0 Å². The lowest BCUT2D eigenvalue weighted by Gasteiger charge is -2.34. The number of carbonyl (C=O) groups excluding carboxylic acids is 1. The second-order valence-electron chi connectivity index (χ2n) is 6.38. The van der Waals surface area contributed by atoms with Gasteiger partial charge in [0.1, 0.15) is 0 Å². The minimum Gasteiger partial charge on any atom is -0.391 e. The first-order chi connectivity index (χ1) is 11.6. The van der Waals surface area contributed by atoms with Gasteiger partial charge in [-0.05, 0) is 42.5 Å². The highest BCUT2D eigenvalue weighted by Gasteiger charge is 2.26. The largest absolute Gasteiger partial charge is 0.391 e. The first-order valence-corrected chi connectivity index (χ1v) is 8.43. The first kappa shape index (κ1) is 16.5. The third-order valence-corrected chi connectivity index (χ3v) is 4.60. The van der Waals surface area contributed by atoms with Gasteiger partial charge in [0.2, 0.25) is 0 Å². The molecular formula is C18H24N4O2. The molecule has 1 aromatic heterocycles. The summed E-state index contributed by atoms with van der Waals surface area (Å²) >= 11 is 0. The SMILES string of the molecule is C[C@@H]1CCN(C(=O)NCCc2ccc(-n3cccn3)cc2)C[C@@H]1O. The molecule has 2 aromatic rings. The van der Waals surface area contributed by atoms with Gasteiger partial charge in [0.05, 0.1) is 11.8 Å². The van der Waals surface area contributed by atoms with Crippen LogP contribution in [0.2, 0.25) is 0 Å². The van der Waals surface area contributed by atoms with Gasteiger partial charge < -0.3 is 15.3 Å². The van der Waals surface area contributed by atoms with Crippen LogP contribution in [-0.2, 0) is 6.42 Å². The normalized spacial score (nSPS) is 20.8. The van der Waals surface area contributed by atoms with E-state index in [-0.39, 0.29) is 11.9 Å². The number of β-amino-alcohol motifs (C(OH)–C–C–N with tert-alkyl or cyclic N) is 1. The van der Waals surface area contributed by atoms with Crippen molar-refractivity contribution >= 4 is 6.03 Å². The van der Waals surface area contributed by atoms with E-state index >= 15 is 0 Å². The summed E-state index contributed by atoms with van der Waals surface area (Å²) in [6.45, 7) is 3.74. The number of likely N-dealkylation sites (tertiary alicyclic amines) is 1. The maximum absolute atomic E-state index is 12.1. The molecule has 0 radical (unpaired) electrons. The lowest BCUT2D eigenvalue weighted by atomic mass is 9.96. The number of piperidine rings is 1. The van der Waals surface area contributed by atoms with Gasteiger partial charge in [-0.2, -0.15) is 5.10 Å². The summed E-state index contributed by atoms with van der Waals surface area (Å²) in [5.41, 5.74) is 2.18. The highest BCUT2D eigenvalue weighted by atomic mass is 16.3. The van der Waals surface area contributed by atoms with Crippen molar-refractivity contribution in [2.24, 2.45) is 5.92 Å². The molecule has 1 aliphatic rings. The lowest BCUT2D eigenvalue weighted by molar-refractivity contribution is 0.0436. The average molecular weight is 328 g/mol. The Morgan fingerprint density at radius 2 is 2.17 bits per heavy atom. The van der Waals surface area contributed by atoms with Crippen molar-refractivity contribution in [1.82, 2.24) is 20.0 Å². The molecule has 6 nitrogen and oxygen atoms in total. The summed E-state index contributed by atoms with van der Waals surface area (Å²) in [4.78, 5) is 13.8. The van der Waals surface area contributed by atoms with Crippen LogP contribution in [-0.4, -0.2) is 51.6 Å². The molecule has 2 amide bonds. The topological polar surface area (TPSA) is 70.4 Å². The third kappa shape index (κ3) is 3.94. The number of aliphatic hydroxyl groups excluding tert-OH is 1. The van der Waals surface area contributed by atoms with Crippen molar-refractivity contribution in [3.63, 3.8) is 0 Å². The van der Waals surface area contributed by atoms with Gasteiger partial charge in [0, 0.05) is 32.0 Å². The van der Waals surface area contributed by atoms with Crippen LogP contribution < -0.4 is 5.32 Å². The Balaban J connectivity index is 1.45. The molecule has 6 heteroatoms. The van der Waals surface area contributed by atoms with Crippen LogP contribution in [0.3, 0.4) is 0 Å². The molecule has 1 aliphatic heterocycles. The summed E-state index contributed by atoms with van der Waals surface area (Å²) in [5, 5.41) is 17.0. The number of amides is 2. The third-order valence-electron chi connectivity index (χ3n) is 4.60. The van der Waals surface area contributed by atoms with Crippen LogP contribution >= 0.6 is 0 Å². The standard InChI is InChI=1S/C18H24N4O2/c1-14-8-12-21(13-17(14)23)18(24)19-10-7-15-3-5-16(6-4-15)22-11-2-9-20-22/h2-6,9,11,14,17,23H,7-8,10,12-13H2,1H3,(H,19,24)/t14-,17+/m1/s1. The van der Waals surface area contributed by atoms with Gasteiger partial charge >= 0.3 is 6.03 Å². The highest BCUT2D eigenvalue weighted by Crippen LogP contribution is 2.16. The van der Waals surface area contributed by atoms with E-state index in [9.17, 15) is 9.90 Å². The molecule has 2 heterocycles. The van der Waals surface area contributed by atoms with Gasteiger partial charge in [0.25, 0.3) is 0 Å². The molecule has 1 saturated heterocycles. The van der Waals surface area contributed by atoms with Crippen molar-refractivity contribution in [3.8, 4) is 5.69 Å². The van der Waals surface area contributed by atoms with Gasteiger partial charge in [0.15, 0.2) is 0 Å². The Morgan fingerprint density at radius 1 is 1.38 bits per heavy atom. The van der Waals surface area contributed by atoms with E-state index in [1.54, 1.807) is 11.1 Å². The van der Waals surface area contributed by atoms with Gasteiger partial charge in [-0.1, -0.05) is 19.1 Å². The lowest BCUT2D eigenvalue weighted by Crippen LogP contribution is -2.49. The molecule has 1 aromatic carbocycles. The van der Waals surface area contributed by atoms with Gasteiger partial charge in [-0.15, -0.1) is 0 Å². The predicted molar refractivity (Wildman–Crippen MR) is 92.0 cm³/mol. The Hall–Kier alpha value is -2.34. The summed E-state index contributed by atoms with van der Waals surface area (Å²) in [7, 11) is 0. The summed E-state index contributed by atoms with van der Waals surface area (Å²) < 4.78 is 1.81. The Kier molecular flexibility index (Phi) is 5.15. The number of benzene rings is 1. The molecule has 2 N–H and O–H groups in total. The number of nitrogens with zero attached hydrogens (tertiary/aromatic N) is 3. The summed E-state index contributed by atoms with van der Waals surface area (Å²) in [6, 6.07) is 9.94. The second kappa shape index (κ2) is 7.49. The van der Waals surface area contributed by atoms with Crippen molar-refractivity contribution in [2.75, 3.05) is 19.6 Å². The van der Waals surface area contributed by atoms with E-state index in [0.29, 0.717) is 19.6 Å². The molecule has 0 spiro atoms. The van der Waals surface area contributed by atoms with Crippen LogP contribution in [0.15, 0.2) is 42.7 Å². The highest BCUT2D eigenvalue weighted by molar-refractivity contribution is 5.74. The predicted octanol–water partition coefficient (Wildman–Crippen LogP) is 1.83. The van der Waals surface area contributed by atoms with E-state index in [4.69, 9.17) is 0 Å². The van der Waals surface area contributed by atoms with E-state index < -0.39 is 6.10 Å². The Bertz CT molecular complexity index is 654. The number of aliphatic hydroxyl groups is 1. The zero-order valence-corrected chi connectivity index (χ0v) is 13.9. The van der Waals surface area contributed by atoms with Crippen LogP contribution in [0.4, 0.5) is 4.79 Å². The number of aromatic nitrogens is 2. The van der Waals surface area contributed by atoms with Crippen LogP contribution in [0.25, 0.3) is 5.69 Å². The fraction of sp³-hybridized carbons (Fsp3) is 0.444. The van der Waals surface area contributed by atoms with E-state index in [1.165, 1.54) is 5.56 Å². The maximum Gasteiger partial charge on any atom is 0.317 e. The smallest absolute Gasteiger partial charge is 0.317 e. The van der Waals surface area contributed by atoms with Crippen molar-refractivity contribution in [3.05, 3.63) is 48.3 Å². The van der Waals surface area contributed by atoms with Gasteiger partial charge in [-0.3, -0.25) is 0 Å². The van der Waals surface area contributed by atoms with E-state index in [1.807, 2.05) is 36.0 Å². The summed E-state index contributed by atoms with van der Waals surface area (Å²) in [5.74, 6) is 0.266. The van der Waals surface area contributed by atoms with Crippen LogP contribution in [0.1, 0.15) is 18.9 Å². The Labute approximate surface area is 142 Å². The van der Waals surface area contributed by atoms with Crippen molar-refractivity contribution in [1.29, 1.82) is 0 Å². The van der Waals surface area contributed by atoms with E-state index in [0.717, 1.165) is 18.5 Å². The monoisotopic (exact) mass is 328 g/mol. The number of urea groups is 1. The molecular weight excluding hydrogens is 304 g/mol. The first-order valence-electron chi connectivity index (χ1n) is 8.43. The quantitative estimate of drug-likeness (QED) is 0.899. The average Bonchev–Trinajstić information content (AvgIpc) is 3.12. The number of hydrogen-bond acceptors (Lipinski definition) is 3. The molecule has 3 rings (SSSR count). The molecule has 0 aliphatic carbocycles. The van der Waals surface area contributed by atoms with Crippen molar-refractivity contribution in [2.45, 2.75) is 25.9 Å². The number of hydrogen-bond donors (Lipinski definition) is 2. The minimum atomic E-state index is -0.417. The molecule has 1 fully saturated rings. The van der Waals surface area contributed by atoms with Crippen molar-refractivity contribution < 1.29 is 9.90 Å². The van der Waals surface area contributed by atoms with Crippen LogP contribution in [0, 0.1) is 5.92 Å². The van der Waals surface area contributed by atoms with E-state index in [2.05, 4.69) is 22.5 Å². The zero-order valence-electron chi connectivity index (χ0n) is 13.9. The number of nitrogens with one attached hydrogen (secondary N) is 1. The van der Waals surface area contributed by atoms with Gasteiger partial charge in [-0.25, -0.2) is 9.48 Å². The molecule has 0 bridgehead atoms. The fourth-order valence-electron chi connectivity index (χ4n) is 2.90. The zero-order chi connectivity index (χ0) is 16.9. The molecule has 0 unspecified atom stereocenters. The summed E-state index contributed by atoms with van der Waals surface area (Å²) in [6.07, 6.45) is 4.87. The minimum absolute atomic E-state index is 0.0888. The molecule has 2 atom stereocenters. The molecule has 128 valence electrons. The maximum atomic E-state index is 12.1. The molecule has 0 saturated carbocycles. The number of carbonyl (C=O) groups is 1. The Morgan fingerprint density at radius 3 is 2.83 bits per heavy atom. The molecule has 24 heavy (non-hydrogen) atoms. The second-order valence-corrected chi connectivity index (χ2v) is 6.38.